The minimum Gasteiger partial charge on any atom is -0.462 e. The van der Waals surface area contributed by atoms with E-state index in [4.69, 9.17) is 23.7 Å². The highest BCUT2D eigenvalue weighted by Crippen LogP contribution is 2.70. The summed E-state index contributed by atoms with van der Waals surface area (Å²) in [7, 11) is 1.62. The Bertz CT molecular complexity index is 1080. The van der Waals surface area contributed by atoms with Gasteiger partial charge in [-0.25, -0.2) is 4.79 Å². The summed E-state index contributed by atoms with van der Waals surface area (Å²) in [5.74, 6) is 0.0175. The average molecular weight is 577 g/mol. The van der Waals surface area contributed by atoms with Gasteiger partial charge < -0.3 is 33.9 Å². The summed E-state index contributed by atoms with van der Waals surface area (Å²) in [4.78, 5) is 24.2. The van der Waals surface area contributed by atoms with Crippen LogP contribution < -0.4 is 0 Å². The average Bonchev–Trinajstić information content (AvgIpc) is 3.42. The van der Waals surface area contributed by atoms with Crippen LogP contribution in [0.1, 0.15) is 85.5 Å². The number of carbonyl (C=O) groups is 2. The maximum Gasteiger partial charge on any atom is 0.331 e. The van der Waals surface area contributed by atoms with Gasteiger partial charge in [-0.2, -0.15) is 0 Å². The molecule has 1 unspecified atom stereocenters. The monoisotopic (exact) mass is 576 g/mol. The molecule has 5 fully saturated rings. The molecule has 2 heterocycles. The van der Waals surface area contributed by atoms with Crippen molar-refractivity contribution in [2.45, 2.75) is 128 Å². The third-order valence-electron chi connectivity index (χ3n) is 12.5. The van der Waals surface area contributed by atoms with Gasteiger partial charge in [0.2, 0.25) is 0 Å². The maximum absolute atomic E-state index is 12.7. The highest BCUT2D eigenvalue weighted by molar-refractivity contribution is 5.85. The first-order valence-electron chi connectivity index (χ1n) is 15.7. The molecule has 0 radical (unpaired) electrons. The molecule has 9 nitrogen and oxygen atoms in total. The van der Waals surface area contributed by atoms with Gasteiger partial charge in [-0.3, -0.25) is 4.79 Å². The molecule has 0 amide bonds. The van der Waals surface area contributed by atoms with E-state index in [2.05, 4.69) is 13.8 Å². The highest BCUT2D eigenvalue weighted by atomic mass is 16.7. The van der Waals surface area contributed by atoms with Gasteiger partial charge in [0.15, 0.2) is 6.29 Å². The summed E-state index contributed by atoms with van der Waals surface area (Å²) < 4.78 is 29.1. The minimum atomic E-state index is -0.990. The lowest BCUT2D eigenvalue weighted by Crippen LogP contribution is -2.62. The van der Waals surface area contributed by atoms with E-state index < -0.39 is 23.2 Å². The van der Waals surface area contributed by atoms with Gasteiger partial charge in [0.25, 0.3) is 0 Å². The predicted octanol–water partition coefficient (Wildman–Crippen LogP) is 3.68. The number of aliphatic hydroxyl groups is 2. The third kappa shape index (κ3) is 4.69. The first kappa shape index (κ1) is 29.5. The lowest BCUT2D eigenvalue weighted by Gasteiger charge is -2.63. The van der Waals surface area contributed by atoms with E-state index >= 15 is 0 Å². The van der Waals surface area contributed by atoms with Crippen LogP contribution in [0, 0.1) is 34.5 Å². The van der Waals surface area contributed by atoms with E-state index in [1.165, 1.54) is 6.92 Å². The number of hydrogen-bond acceptors (Lipinski definition) is 9. The largest absolute Gasteiger partial charge is 0.462 e. The van der Waals surface area contributed by atoms with Crippen LogP contribution in [0.5, 0.6) is 0 Å². The molecule has 0 spiro atoms. The molecule has 230 valence electrons. The second-order valence-corrected chi connectivity index (χ2v) is 14.3. The zero-order valence-corrected chi connectivity index (χ0v) is 25.2. The van der Waals surface area contributed by atoms with Crippen LogP contribution in [0.2, 0.25) is 0 Å². The Kier molecular flexibility index (Phi) is 7.62. The topological polar surface area (TPSA) is 121 Å². The van der Waals surface area contributed by atoms with Crippen molar-refractivity contribution in [3.8, 4) is 0 Å². The van der Waals surface area contributed by atoms with Crippen LogP contribution in [0.25, 0.3) is 0 Å². The minimum absolute atomic E-state index is 0.0898. The maximum atomic E-state index is 12.7. The molecule has 9 heteroatoms. The van der Waals surface area contributed by atoms with Gasteiger partial charge in [0.05, 0.1) is 23.9 Å². The molecule has 0 aromatic rings. The van der Waals surface area contributed by atoms with Crippen LogP contribution in [0.3, 0.4) is 0 Å². The molecule has 4 aliphatic carbocycles. The SMILES string of the molecule is CO[C@H]1C[C@@H](O[C@H]2CC[C@@]3(C)[C@H](CC[C@@H]4[C@@H]3CC[C@]3(C)[C@@H](C5=CC(=O)OC5)[C@@H](OC(C)=O)CC43O)C2)O[C@@H](C)[C@@H]1O. The lowest BCUT2D eigenvalue weighted by molar-refractivity contribution is -0.273. The first-order valence-corrected chi connectivity index (χ1v) is 15.7. The molecule has 2 aliphatic heterocycles. The number of esters is 2. The van der Waals surface area contributed by atoms with E-state index in [9.17, 15) is 19.8 Å². The Hall–Kier alpha value is -1.52. The van der Waals surface area contributed by atoms with Gasteiger partial charge in [-0.1, -0.05) is 13.8 Å². The summed E-state index contributed by atoms with van der Waals surface area (Å²) >= 11 is 0. The van der Waals surface area contributed by atoms with Gasteiger partial charge in [-0.15, -0.1) is 0 Å². The molecule has 6 aliphatic rings. The van der Waals surface area contributed by atoms with E-state index in [0.717, 1.165) is 50.5 Å². The van der Waals surface area contributed by atoms with Crippen molar-refractivity contribution in [3.63, 3.8) is 0 Å². The molecule has 4 saturated carbocycles. The van der Waals surface area contributed by atoms with E-state index in [1.807, 2.05) is 6.92 Å². The Labute approximate surface area is 243 Å². The normalized spacial score (nSPS) is 51.2. The summed E-state index contributed by atoms with van der Waals surface area (Å²) in [6.45, 7) is 8.06. The Morgan fingerprint density at radius 1 is 1.07 bits per heavy atom. The van der Waals surface area contributed by atoms with Crippen molar-refractivity contribution in [2.24, 2.45) is 34.5 Å². The second kappa shape index (κ2) is 10.6. The van der Waals surface area contributed by atoms with Crippen molar-refractivity contribution < 1.29 is 43.5 Å². The number of methoxy groups -OCH3 is 1. The fraction of sp³-hybridized carbons (Fsp3) is 0.875. The molecule has 41 heavy (non-hydrogen) atoms. The summed E-state index contributed by atoms with van der Waals surface area (Å²) in [6, 6.07) is 0. The Morgan fingerprint density at radius 3 is 2.54 bits per heavy atom. The molecule has 2 N–H and O–H groups in total. The Morgan fingerprint density at radius 2 is 1.85 bits per heavy atom. The van der Waals surface area contributed by atoms with Crippen molar-refractivity contribution >= 4 is 11.9 Å². The standard InChI is InChI=1S/C32H48O9/c1-17-29(35)24(37-5)14-27(39-17)41-21-8-10-30(3)20(13-21)6-7-23-22(30)9-11-31(4)28(19-12-26(34)38-16-19)25(40-18(2)33)15-32(23,31)36/h12,17,20-25,27-29,35-36H,6-11,13-16H2,1-5H3/t17-,20+,21-,22-,23+,24-,25-,27+,28-,29-,30-,31+,32?/m0/s1. The highest BCUT2D eigenvalue weighted by Gasteiger charge is 2.71. The fourth-order valence-electron chi connectivity index (χ4n) is 10.4. The number of hydrogen-bond donors (Lipinski definition) is 2. The van der Waals surface area contributed by atoms with Crippen LogP contribution in [0.4, 0.5) is 0 Å². The van der Waals surface area contributed by atoms with Crippen molar-refractivity contribution in [3.05, 3.63) is 11.6 Å². The zero-order chi connectivity index (χ0) is 29.3. The summed E-state index contributed by atoms with van der Waals surface area (Å²) in [6.07, 6.45) is 7.14. The van der Waals surface area contributed by atoms with Crippen molar-refractivity contribution in [1.82, 2.24) is 0 Å². The molecule has 6 rings (SSSR count). The van der Waals surface area contributed by atoms with Crippen LogP contribution in [-0.4, -0.2) is 78.3 Å². The second-order valence-electron chi connectivity index (χ2n) is 14.3. The van der Waals surface area contributed by atoms with E-state index in [1.54, 1.807) is 13.2 Å². The first-order chi connectivity index (χ1) is 19.4. The van der Waals surface area contributed by atoms with Gasteiger partial charge in [0, 0.05) is 44.3 Å². The van der Waals surface area contributed by atoms with E-state index in [-0.39, 0.29) is 60.4 Å². The smallest absolute Gasteiger partial charge is 0.331 e. The number of cyclic esters (lactones) is 1. The molecule has 0 aromatic carbocycles. The van der Waals surface area contributed by atoms with Crippen molar-refractivity contribution in [2.75, 3.05) is 13.7 Å². The van der Waals surface area contributed by atoms with Gasteiger partial charge in [0.1, 0.15) is 18.8 Å². The van der Waals surface area contributed by atoms with Crippen LogP contribution >= 0.6 is 0 Å². The molecule has 1 saturated heterocycles. The summed E-state index contributed by atoms with van der Waals surface area (Å²) in [5.41, 5.74) is -0.559. The lowest BCUT2D eigenvalue weighted by atomic mass is 9.43. The summed E-state index contributed by atoms with van der Waals surface area (Å²) in [5, 5.41) is 23.0. The number of fused-ring (bicyclic) bond motifs is 5. The van der Waals surface area contributed by atoms with Crippen LogP contribution in [-0.2, 0) is 33.3 Å². The predicted molar refractivity (Wildman–Crippen MR) is 147 cm³/mol. The number of aliphatic hydroxyl groups excluding tert-OH is 1. The number of rotatable bonds is 5. The molecule has 0 bridgehead atoms. The quantitative estimate of drug-likeness (QED) is 0.373. The van der Waals surface area contributed by atoms with Gasteiger partial charge in [-0.05, 0) is 80.6 Å². The van der Waals surface area contributed by atoms with Gasteiger partial charge >= 0.3 is 11.9 Å². The molecular weight excluding hydrogens is 528 g/mol. The third-order valence-corrected chi connectivity index (χ3v) is 12.5. The molecule has 13 atom stereocenters. The number of carbonyl (C=O) groups excluding carboxylic acids is 2. The van der Waals surface area contributed by atoms with E-state index in [0.29, 0.717) is 24.7 Å². The fourth-order valence-corrected chi connectivity index (χ4v) is 10.4. The molecule has 0 aromatic heterocycles. The zero-order valence-electron chi connectivity index (χ0n) is 25.2. The molecular formula is C32H48O9. The Balaban J connectivity index is 1.19. The van der Waals surface area contributed by atoms with Crippen LogP contribution in [0.15, 0.2) is 11.6 Å². The van der Waals surface area contributed by atoms with Crippen molar-refractivity contribution in [1.29, 1.82) is 0 Å². The number of ether oxygens (including phenoxy) is 5.